The summed E-state index contributed by atoms with van der Waals surface area (Å²) in [4.78, 5) is 27.9. The molecule has 0 unspecified atom stereocenters. The predicted octanol–water partition coefficient (Wildman–Crippen LogP) is 3.25. The van der Waals surface area contributed by atoms with E-state index in [1.807, 2.05) is 12.1 Å². The largest absolute Gasteiger partial charge is 0.292 e. The molecule has 1 aromatic heterocycles. The van der Waals surface area contributed by atoms with E-state index in [-0.39, 0.29) is 11.2 Å². The van der Waals surface area contributed by atoms with Gasteiger partial charge >= 0.3 is 0 Å². The van der Waals surface area contributed by atoms with E-state index in [2.05, 4.69) is 4.98 Å². The lowest BCUT2D eigenvalue weighted by molar-refractivity contribution is -0.385. The van der Waals surface area contributed by atoms with Gasteiger partial charge in [-0.1, -0.05) is 24.3 Å². The van der Waals surface area contributed by atoms with Crippen LogP contribution in [0.2, 0.25) is 0 Å². The van der Waals surface area contributed by atoms with Crippen molar-refractivity contribution in [3.63, 3.8) is 0 Å². The summed E-state index contributed by atoms with van der Waals surface area (Å²) in [5.41, 5.74) is 1.98. The highest BCUT2D eigenvalue weighted by Gasteiger charge is 2.22. The van der Waals surface area contributed by atoms with Crippen LogP contribution >= 0.6 is 0 Å². The lowest BCUT2D eigenvalue weighted by Gasteiger charge is -2.05. The number of hydrogen-bond donors (Lipinski definition) is 0. The molecule has 0 fully saturated rings. The normalized spacial score (nSPS) is 14.9. The summed E-state index contributed by atoms with van der Waals surface area (Å²) in [6.07, 6.45) is 2.39. The van der Waals surface area contributed by atoms with E-state index in [0.29, 0.717) is 35.3 Å². The van der Waals surface area contributed by atoms with E-state index in [1.165, 1.54) is 6.07 Å². The minimum Gasteiger partial charge on any atom is -0.292 e. The standard InChI is InChI=1S/C18H13N3O3/c22-18-14-6-2-3-7-15(14)19-17-13(9-10-20(17)18)11-12-5-1-4-8-16(12)21(23)24/h1-8,11H,9-10H2. The molecule has 0 atom stereocenters. The number of para-hydroxylation sites is 2. The summed E-state index contributed by atoms with van der Waals surface area (Å²) in [6.45, 7) is 0.540. The lowest BCUT2D eigenvalue weighted by Crippen LogP contribution is -2.20. The summed E-state index contributed by atoms with van der Waals surface area (Å²) in [6, 6.07) is 13.8. The Hall–Kier alpha value is -3.28. The third-order valence-corrected chi connectivity index (χ3v) is 4.22. The van der Waals surface area contributed by atoms with Crippen LogP contribution in [0.5, 0.6) is 0 Å². The van der Waals surface area contributed by atoms with Gasteiger partial charge in [0.15, 0.2) is 0 Å². The Bertz CT molecular complexity index is 1070. The zero-order chi connectivity index (χ0) is 16.7. The van der Waals surface area contributed by atoms with Gasteiger partial charge in [-0.15, -0.1) is 0 Å². The molecule has 2 heterocycles. The van der Waals surface area contributed by atoms with Crippen molar-refractivity contribution in [2.45, 2.75) is 13.0 Å². The number of nitro benzene ring substituents is 1. The van der Waals surface area contributed by atoms with Crippen molar-refractivity contribution in [1.82, 2.24) is 9.55 Å². The fraction of sp³-hybridized carbons (Fsp3) is 0.111. The van der Waals surface area contributed by atoms with Crippen molar-refractivity contribution in [1.29, 1.82) is 0 Å². The Labute approximate surface area is 136 Å². The molecule has 0 saturated heterocycles. The highest BCUT2D eigenvalue weighted by molar-refractivity contribution is 5.86. The number of nitrogens with zero attached hydrogens (tertiary/aromatic N) is 3. The number of hydrogen-bond acceptors (Lipinski definition) is 4. The van der Waals surface area contributed by atoms with Gasteiger partial charge in [0.05, 0.1) is 21.4 Å². The Balaban J connectivity index is 1.91. The molecule has 1 aliphatic heterocycles. The number of aromatic nitrogens is 2. The van der Waals surface area contributed by atoms with Crippen LogP contribution in [0.15, 0.2) is 53.3 Å². The molecule has 6 heteroatoms. The molecule has 0 amide bonds. The Kier molecular flexibility index (Phi) is 3.23. The number of benzene rings is 2. The van der Waals surface area contributed by atoms with E-state index in [4.69, 9.17) is 0 Å². The van der Waals surface area contributed by atoms with Gasteiger partial charge < -0.3 is 0 Å². The smallest absolute Gasteiger partial charge is 0.276 e. The van der Waals surface area contributed by atoms with Gasteiger partial charge in [0.25, 0.3) is 11.2 Å². The molecule has 0 N–H and O–H groups in total. The Morgan fingerprint density at radius 1 is 1.12 bits per heavy atom. The van der Waals surface area contributed by atoms with Gasteiger partial charge in [-0.25, -0.2) is 4.98 Å². The third kappa shape index (κ3) is 2.20. The molecule has 0 radical (unpaired) electrons. The minimum absolute atomic E-state index is 0.0478. The molecular formula is C18H13N3O3. The number of allylic oxidation sites excluding steroid dienone is 1. The molecule has 4 rings (SSSR count). The molecule has 24 heavy (non-hydrogen) atoms. The molecule has 0 saturated carbocycles. The van der Waals surface area contributed by atoms with Crippen LogP contribution in [0.4, 0.5) is 5.69 Å². The molecular weight excluding hydrogens is 306 g/mol. The van der Waals surface area contributed by atoms with Gasteiger partial charge in [-0.05, 0) is 36.3 Å². The van der Waals surface area contributed by atoms with Gasteiger partial charge in [-0.3, -0.25) is 19.5 Å². The first-order valence-corrected chi connectivity index (χ1v) is 7.59. The van der Waals surface area contributed by atoms with Crippen molar-refractivity contribution >= 4 is 28.2 Å². The molecule has 3 aromatic rings. The number of fused-ring (bicyclic) bond motifs is 2. The van der Waals surface area contributed by atoms with Crippen molar-refractivity contribution in [3.8, 4) is 0 Å². The molecule has 2 aromatic carbocycles. The van der Waals surface area contributed by atoms with E-state index in [9.17, 15) is 14.9 Å². The van der Waals surface area contributed by atoms with Gasteiger partial charge in [0.2, 0.25) is 0 Å². The van der Waals surface area contributed by atoms with E-state index < -0.39 is 4.92 Å². The average Bonchev–Trinajstić information content (AvgIpc) is 2.98. The molecule has 6 nitrogen and oxygen atoms in total. The van der Waals surface area contributed by atoms with E-state index in [0.717, 1.165) is 5.57 Å². The van der Waals surface area contributed by atoms with Gasteiger partial charge in [-0.2, -0.15) is 0 Å². The maximum absolute atomic E-state index is 12.6. The van der Waals surface area contributed by atoms with E-state index in [1.54, 1.807) is 41.0 Å². The van der Waals surface area contributed by atoms with Crippen LogP contribution < -0.4 is 5.56 Å². The second kappa shape index (κ2) is 5.42. The topological polar surface area (TPSA) is 78.0 Å². The Morgan fingerprint density at radius 3 is 2.71 bits per heavy atom. The highest BCUT2D eigenvalue weighted by Crippen LogP contribution is 2.30. The minimum atomic E-state index is -0.401. The van der Waals surface area contributed by atoms with Crippen LogP contribution in [-0.4, -0.2) is 14.5 Å². The molecule has 118 valence electrons. The first kappa shape index (κ1) is 14.3. The van der Waals surface area contributed by atoms with Crippen LogP contribution in [-0.2, 0) is 6.54 Å². The van der Waals surface area contributed by atoms with Crippen molar-refractivity contribution < 1.29 is 4.92 Å². The zero-order valence-electron chi connectivity index (χ0n) is 12.7. The Morgan fingerprint density at radius 2 is 1.88 bits per heavy atom. The fourth-order valence-electron chi connectivity index (χ4n) is 3.06. The second-order valence-corrected chi connectivity index (χ2v) is 5.64. The lowest BCUT2D eigenvalue weighted by atomic mass is 10.1. The molecule has 1 aliphatic rings. The summed E-state index contributed by atoms with van der Waals surface area (Å²) in [5.74, 6) is 0.594. The van der Waals surface area contributed by atoms with Crippen molar-refractivity contribution in [2.24, 2.45) is 0 Å². The van der Waals surface area contributed by atoms with E-state index >= 15 is 0 Å². The summed E-state index contributed by atoms with van der Waals surface area (Å²) >= 11 is 0. The summed E-state index contributed by atoms with van der Waals surface area (Å²) in [7, 11) is 0. The first-order chi connectivity index (χ1) is 11.6. The van der Waals surface area contributed by atoms with Gasteiger partial charge in [0, 0.05) is 12.6 Å². The summed E-state index contributed by atoms with van der Waals surface area (Å²) in [5, 5.41) is 11.8. The quantitative estimate of drug-likeness (QED) is 0.536. The van der Waals surface area contributed by atoms with Crippen LogP contribution in [0.1, 0.15) is 17.8 Å². The third-order valence-electron chi connectivity index (χ3n) is 4.22. The molecule has 0 bridgehead atoms. The monoisotopic (exact) mass is 319 g/mol. The molecule has 0 aliphatic carbocycles. The van der Waals surface area contributed by atoms with Crippen LogP contribution in [0.25, 0.3) is 22.6 Å². The fourth-order valence-corrected chi connectivity index (χ4v) is 3.06. The maximum Gasteiger partial charge on any atom is 0.276 e. The number of nitro groups is 1. The van der Waals surface area contributed by atoms with Gasteiger partial charge in [0.1, 0.15) is 5.82 Å². The zero-order valence-corrected chi connectivity index (χ0v) is 12.7. The summed E-state index contributed by atoms with van der Waals surface area (Å²) < 4.78 is 1.64. The maximum atomic E-state index is 12.6. The SMILES string of the molecule is O=c1c2ccccc2nc2n1CCC2=Cc1ccccc1[N+](=O)[O-]. The first-order valence-electron chi connectivity index (χ1n) is 7.59. The van der Waals surface area contributed by atoms with Crippen LogP contribution in [0, 0.1) is 10.1 Å². The average molecular weight is 319 g/mol. The molecule has 0 spiro atoms. The van der Waals surface area contributed by atoms with Crippen LogP contribution in [0.3, 0.4) is 0 Å². The second-order valence-electron chi connectivity index (χ2n) is 5.64. The predicted molar refractivity (Wildman–Crippen MR) is 91.6 cm³/mol. The number of rotatable bonds is 2. The van der Waals surface area contributed by atoms with Crippen molar-refractivity contribution in [3.05, 3.63) is 80.4 Å². The van der Waals surface area contributed by atoms with Crippen molar-refractivity contribution in [2.75, 3.05) is 0 Å². The highest BCUT2D eigenvalue weighted by atomic mass is 16.6.